The van der Waals surface area contributed by atoms with Gasteiger partial charge in [0.25, 0.3) is 0 Å². The highest BCUT2D eigenvalue weighted by molar-refractivity contribution is 5.91. The molecule has 4 unspecified atom stereocenters. The summed E-state index contributed by atoms with van der Waals surface area (Å²) in [7, 11) is 0. The average Bonchev–Trinajstić information content (AvgIpc) is 3.45. The van der Waals surface area contributed by atoms with E-state index in [1.54, 1.807) is 6.92 Å². The number of hydrogen-bond acceptors (Lipinski definition) is 8. The Hall–Kier alpha value is -2.84. The summed E-state index contributed by atoms with van der Waals surface area (Å²) in [6.07, 6.45) is 11.5. The molecule has 1 aromatic heterocycles. The van der Waals surface area contributed by atoms with E-state index in [4.69, 9.17) is 9.47 Å². The van der Waals surface area contributed by atoms with Crippen LogP contribution in [0.5, 0.6) is 0 Å². The van der Waals surface area contributed by atoms with E-state index in [1.165, 1.54) is 23.3 Å². The third-order valence-electron chi connectivity index (χ3n) is 11.2. The number of rotatable bonds is 7. The van der Waals surface area contributed by atoms with Crippen molar-refractivity contribution in [2.24, 2.45) is 51.8 Å². The maximum atomic E-state index is 13.6. The molecule has 8 saturated carbocycles. The number of hydrogen-bond donors (Lipinski definition) is 0. The third kappa shape index (κ3) is 3.85. The Morgan fingerprint density at radius 2 is 1.26 bits per heavy atom. The highest BCUT2D eigenvalue weighted by atomic mass is 16.6. The van der Waals surface area contributed by atoms with Gasteiger partial charge in [0.1, 0.15) is 36.5 Å². The summed E-state index contributed by atoms with van der Waals surface area (Å²) in [5, 5.41) is 0. The summed E-state index contributed by atoms with van der Waals surface area (Å²) in [4.78, 5) is 69.9. The molecule has 0 aliphatic heterocycles. The van der Waals surface area contributed by atoms with Gasteiger partial charge in [-0.15, -0.1) is 0 Å². The van der Waals surface area contributed by atoms with E-state index < -0.39 is 16.2 Å². The van der Waals surface area contributed by atoms with Crippen LogP contribution in [0.15, 0.2) is 18.7 Å². The minimum Gasteiger partial charge on any atom is -0.464 e. The fourth-order valence-electron chi connectivity index (χ4n) is 9.61. The van der Waals surface area contributed by atoms with Gasteiger partial charge in [-0.25, -0.2) is 4.98 Å². The molecule has 1 heterocycles. The Bertz CT molecular complexity index is 1150. The number of esters is 2. The van der Waals surface area contributed by atoms with Gasteiger partial charge in [-0.2, -0.15) is 0 Å². The molecule has 208 valence electrons. The van der Waals surface area contributed by atoms with Crippen LogP contribution in [0.4, 0.5) is 0 Å². The number of Topliss-reactive ketones (excluding diaryl/α,β-unsaturated/α-hetero) is 2. The van der Waals surface area contributed by atoms with Gasteiger partial charge in [0.2, 0.25) is 5.91 Å². The first kappa shape index (κ1) is 25.1. The highest BCUT2D eigenvalue weighted by Gasteiger charge is 2.61. The van der Waals surface area contributed by atoms with Gasteiger partial charge < -0.3 is 9.47 Å². The van der Waals surface area contributed by atoms with E-state index in [9.17, 15) is 24.0 Å². The van der Waals surface area contributed by atoms with Crippen LogP contribution in [0, 0.1) is 51.8 Å². The summed E-state index contributed by atoms with van der Waals surface area (Å²) >= 11 is 0. The molecule has 0 radical (unpaired) electrons. The Labute approximate surface area is 227 Å². The molecule has 9 heteroatoms. The number of imidazole rings is 1. The first-order chi connectivity index (χ1) is 18.6. The Morgan fingerprint density at radius 1 is 0.821 bits per heavy atom. The molecular weight excluding hydrogens is 500 g/mol. The van der Waals surface area contributed by atoms with Crippen LogP contribution in [0.3, 0.4) is 0 Å². The molecular formula is C30H36N2O7. The third-order valence-corrected chi connectivity index (χ3v) is 11.2. The van der Waals surface area contributed by atoms with E-state index in [0.717, 1.165) is 38.5 Å². The van der Waals surface area contributed by atoms with Crippen molar-refractivity contribution in [3.05, 3.63) is 18.7 Å². The summed E-state index contributed by atoms with van der Waals surface area (Å²) < 4.78 is 13.1. The van der Waals surface area contributed by atoms with Crippen molar-refractivity contribution >= 4 is 29.4 Å². The maximum Gasteiger partial charge on any atom is 0.312 e. The zero-order chi connectivity index (χ0) is 27.2. The lowest BCUT2D eigenvalue weighted by Gasteiger charge is -2.54. The second-order valence-corrected chi connectivity index (χ2v) is 14.0. The minimum atomic E-state index is -1.32. The fourth-order valence-corrected chi connectivity index (χ4v) is 9.61. The van der Waals surface area contributed by atoms with Gasteiger partial charge >= 0.3 is 11.9 Å². The summed E-state index contributed by atoms with van der Waals surface area (Å²) in [5.41, 5.74) is -2.64. The van der Waals surface area contributed by atoms with Crippen molar-refractivity contribution in [3.8, 4) is 0 Å². The topological polar surface area (TPSA) is 122 Å². The van der Waals surface area contributed by atoms with E-state index in [1.807, 2.05) is 0 Å². The normalized spacial score (nSPS) is 40.9. The molecule has 8 fully saturated rings. The average molecular weight is 537 g/mol. The van der Waals surface area contributed by atoms with Crippen LogP contribution in [-0.4, -0.2) is 52.2 Å². The lowest BCUT2D eigenvalue weighted by Crippen LogP contribution is -2.56. The zero-order valence-corrected chi connectivity index (χ0v) is 22.4. The Balaban J connectivity index is 1.07. The molecule has 0 amide bonds. The van der Waals surface area contributed by atoms with Crippen LogP contribution < -0.4 is 0 Å². The fraction of sp³-hybridized carbons (Fsp3) is 0.733. The standard InChI is InChI=1S/C30H36N2O7/c1-28(25(35)32-3-2-31-16-32,14-38-26(36)29-8-17-4-19(10-29)23(33)20(5-17)11-29)15-39-27(37)30-9-18-6-21(12-30)24(34)22(7-18)13-30/h2-3,16-22H,4-15H2,1H3. The molecule has 0 spiro atoms. The van der Waals surface area contributed by atoms with Crippen LogP contribution in [0.1, 0.15) is 75.9 Å². The molecule has 0 saturated heterocycles. The molecule has 8 aliphatic rings. The molecule has 8 bridgehead atoms. The zero-order valence-electron chi connectivity index (χ0n) is 22.4. The van der Waals surface area contributed by atoms with E-state index in [2.05, 4.69) is 4.98 Å². The van der Waals surface area contributed by atoms with Crippen LogP contribution in [0.2, 0.25) is 0 Å². The number of ether oxygens (including phenoxy) is 2. The van der Waals surface area contributed by atoms with Gasteiger partial charge in [-0.3, -0.25) is 28.5 Å². The molecule has 39 heavy (non-hydrogen) atoms. The van der Waals surface area contributed by atoms with Gasteiger partial charge in [-0.05, 0) is 83.0 Å². The summed E-state index contributed by atoms with van der Waals surface area (Å²) in [6, 6.07) is 0. The van der Waals surface area contributed by atoms with Crippen molar-refractivity contribution in [1.82, 2.24) is 9.55 Å². The first-order valence-electron chi connectivity index (χ1n) is 14.5. The molecule has 9 rings (SSSR count). The van der Waals surface area contributed by atoms with E-state index >= 15 is 0 Å². The molecule has 0 aromatic carbocycles. The number of aromatic nitrogens is 2. The molecule has 1 aromatic rings. The number of carbonyl (C=O) groups excluding carboxylic acids is 5. The smallest absolute Gasteiger partial charge is 0.312 e. The maximum absolute atomic E-state index is 13.6. The van der Waals surface area contributed by atoms with Crippen molar-refractivity contribution in [2.45, 2.75) is 71.1 Å². The van der Waals surface area contributed by atoms with Crippen LogP contribution >= 0.6 is 0 Å². The van der Waals surface area contributed by atoms with Crippen molar-refractivity contribution in [2.75, 3.05) is 13.2 Å². The van der Waals surface area contributed by atoms with E-state index in [0.29, 0.717) is 49.1 Å². The summed E-state index contributed by atoms with van der Waals surface area (Å²) in [5.74, 6) is 0.0516. The second kappa shape index (κ2) is 8.58. The lowest BCUT2D eigenvalue weighted by molar-refractivity contribution is -0.180. The highest BCUT2D eigenvalue weighted by Crippen LogP contribution is 2.60. The quantitative estimate of drug-likeness (QED) is 0.486. The van der Waals surface area contributed by atoms with Gasteiger partial charge in [0.15, 0.2) is 0 Å². The Morgan fingerprint density at radius 3 is 1.64 bits per heavy atom. The second-order valence-electron chi connectivity index (χ2n) is 14.0. The Kier molecular flexibility index (Phi) is 5.53. The first-order valence-corrected chi connectivity index (χ1v) is 14.5. The largest absolute Gasteiger partial charge is 0.464 e. The predicted molar refractivity (Wildman–Crippen MR) is 135 cm³/mol. The molecule has 9 nitrogen and oxygen atoms in total. The molecule has 0 N–H and O–H groups in total. The van der Waals surface area contributed by atoms with Crippen molar-refractivity contribution in [1.29, 1.82) is 0 Å². The van der Waals surface area contributed by atoms with Crippen molar-refractivity contribution in [3.63, 3.8) is 0 Å². The van der Waals surface area contributed by atoms with Crippen LogP contribution in [0.25, 0.3) is 0 Å². The van der Waals surface area contributed by atoms with Gasteiger partial charge in [0.05, 0.1) is 10.8 Å². The number of nitrogens with zero attached hydrogens (tertiary/aromatic N) is 2. The number of ketones is 2. The van der Waals surface area contributed by atoms with Gasteiger partial charge in [-0.1, -0.05) is 0 Å². The molecule has 8 aliphatic carbocycles. The summed E-state index contributed by atoms with van der Waals surface area (Å²) in [6.45, 7) is 1.19. The van der Waals surface area contributed by atoms with Gasteiger partial charge in [0, 0.05) is 36.1 Å². The lowest BCUT2D eigenvalue weighted by atomic mass is 9.49. The van der Waals surface area contributed by atoms with Crippen LogP contribution in [-0.2, 0) is 28.7 Å². The van der Waals surface area contributed by atoms with Crippen molar-refractivity contribution < 1.29 is 33.4 Å². The molecule has 4 atom stereocenters. The SMILES string of the molecule is CC(COC(=O)C12CC3CC(C1)C(=O)C(C3)C2)(COC(=O)C12CC3CC(C1)C(=O)C(C3)C2)C(=O)n1ccnc1. The monoisotopic (exact) mass is 536 g/mol. The number of carbonyl (C=O) groups is 5. The minimum absolute atomic E-state index is 0.0594. The predicted octanol–water partition coefficient (Wildman–Crippen LogP) is 3.41. The van der Waals surface area contributed by atoms with E-state index in [-0.39, 0.29) is 54.7 Å².